The number of halogens is 1. The minimum absolute atomic E-state index is 0.0591. The molecule has 5 nitrogen and oxygen atoms in total. The van der Waals surface area contributed by atoms with Crippen molar-refractivity contribution in [3.05, 3.63) is 65.7 Å². The van der Waals surface area contributed by atoms with Crippen molar-refractivity contribution in [3.63, 3.8) is 0 Å². The van der Waals surface area contributed by atoms with Gasteiger partial charge in [-0.05, 0) is 24.3 Å². The third kappa shape index (κ3) is 3.08. The number of nitrogens with two attached hydrogens (primary N) is 1. The minimum atomic E-state index is -2.38. The SMILES string of the molecule is N#Cc1cccc(C(=O)C(Cl)(Oc2ccccc2)C(N)=O)c1. The number of nitriles is 1. The van der Waals surface area contributed by atoms with Gasteiger partial charge in [-0.1, -0.05) is 41.9 Å². The second-order valence-corrected chi connectivity index (χ2v) is 4.93. The van der Waals surface area contributed by atoms with Crippen LogP contribution in [0.4, 0.5) is 0 Å². The maximum atomic E-state index is 12.5. The van der Waals surface area contributed by atoms with Crippen LogP contribution in [0.5, 0.6) is 5.75 Å². The zero-order valence-electron chi connectivity index (χ0n) is 11.3. The first-order valence-corrected chi connectivity index (χ1v) is 6.63. The summed E-state index contributed by atoms with van der Waals surface area (Å²) in [4.78, 5) is 24.2. The lowest BCUT2D eigenvalue weighted by atomic mass is 10.0. The van der Waals surface area contributed by atoms with E-state index in [9.17, 15) is 9.59 Å². The van der Waals surface area contributed by atoms with Crippen LogP contribution in [-0.2, 0) is 4.79 Å². The molecule has 2 rings (SSSR count). The number of benzene rings is 2. The van der Waals surface area contributed by atoms with E-state index in [4.69, 9.17) is 27.3 Å². The smallest absolute Gasteiger partial charge is 0.323 e. The van der Waals surface area contributed by atoms with Crippen molar-refractivity contribution < 1.29 is 14.3 Å². The molecule has 0 radical (unpaired) electrons. The Hall–Kier alpha value is -2.84. The Morgan fingerprint density at radius 1 is 1.14 bits per heavy atom. The molecule has 1 amide bonds. The summed E-state index contributed by atoms with van der Waals surface area (Å²) in [7, 11) is 0. The first-order chi connectivity index (χ1) is 10.5. The molecule has 110 valence electrons. The molecule has 0 fully saturated rings. The molecule has 0 aliphatic rings. The fourth-order valence-electron chi connectivity index (χ4n) is 1.78. The highest BCUT2D eigenvalue weighted by Crippen LogP contribution is 2.26. The Morgan fingerprint density at radius 3 is 2.41 bits per heavy atom. The van der Waals surface area contributed by atoms with Crippen LogP contribution in [0.2, 0.25) is 0 Å². The summed E-state index contributed by atoms with van der Waals surface area (Å²) in [5.74, 6) is -1.74. The molecule has 0 aliphatic heterocycles. The first-order valence-electron chi connectivity index (χ1n) is 6.25. The predicted octanol–water partition coefficient (Wildman–Crippen LogP) is 2.24. The molecule has 0 saturated heterocycles. The van der Waals surface area contributed by atoms with E-state index >= 15 is 0 Å². The van der Waals surface area contributed by atoms with Gasteiger partial charge in [0, 0.05) is 5.56 Å². The van der Waals surface area contributed by atoms with Gasteiger partial charge in [-0.3, -0.25) is 9.59 Å². The van der Waals surface area contributed by atoms with Gasteiger partial charge in [0.1, 0.15) is 5.75 Å². The largest absolute Gasteiger partial charge is 0.456 e. The quantitative estimate of drug-likeness (QED) is 0.520. The van der Waals surface area contributed by atoms with Gasteiger partial charge in [0.2, 0.25) is 5.78 Å². The number of hydrogen-bond acceptors (Lipinski definition) is 4. The molecule has 22 heavy (non-hydrogen) atoms. The summed E-state index contributed by atoms with van der Waals surface area (Å²) in [5, 5.41) is 6.49. The normalized spacial score (nSPS) is 12.7. The summed E-state index contributed by atoms with van der Waals surface area (Å²) in [6.45, 7) is 0. The van der Waals surface area contributed by atoms with Crippen molar-refractivity contribution in [2.75, 3.05) is 0 Å². The number of amides is 1. The van der Waals surface area contributed by atoms with Crippen LogP contribution >= 0.6 is 11.6 Å². The lowest BCUT2D eigenvalue weighted by Crippen LogP contribution is -2.50. The fourth-order valence-corrected chi connectivity index (χ4v) is 1.97. The van der Waals surface area contributed by atoms with Crippen molar-refractivity contribution >= 4 is 23.3 Å². The summed E-state index contributed by atoms with van der Waals surface area (Å²) in [5.41, 5.74) is 5.56. The van der Waals surface area contributed by atoms with Gasteiger partial charge >= 0.3 is 5.06 Å². The number of carbonyl (C=O) groups excluding carboxylic acids is 2. The number of alkyl halides is 1. The summed E-state index contributed by atoms with van der Waals surface area (Å²) in [6.07, 6.45) is 0. The van der Waals surface area contributed by atoms with Crippen molar-refractivity contribution in [1.29, 1.82) is 5.26 Å². The average molecular weight is 315 g/mol. The third-order valence-corrected chi connectivity index (χ3v) is 3.30. The number of carbonyl (C=O) groups is 2. The number of Topliss-reactive ketones (excluding diaryl/α,β-unsaturated/α-hetero) is 1. The average Bonchev–Trinajstić information content (AvgIpc) is 2.54. The molecule has 0 saturated carbocycles. The van der Waals surface area contributed by atoms with Crippen LogP contribution in [0.3, 0.4) is 0 Å². The minimum Gasteiger partial charge on any atom is -0.456 e. The number of nitrogens with zero attached hydrogens (tertiary/aromatic N) is 1. The van der Waals surface area contributed by atoms with Crippen molar-refractivity contribution in [2.45, 2.75) is 5.06 Å². The fraction of sp³-hybridized carbons (Fsp3) is 0.0625. The Balaban J connectivity index is 2.40. The van der Waals surface area contributed by atoms with Crippen LogP contribution in [0.1, 0.15) is 15.9 Å². The molecule has 0 bridgehead atoms. The molecule has 0 spiro atoms. The first kappa shape index (κ1) is 15.5. The van der Waals surface area contributed by atoms with E-state index in [0.717, 1.165) is 0 Å². The van der Waals surface area contributed by atoms with Crippen LogP contribution in [-0.4, -0.2) is 16.8 Å². The number of para-hydroxylation sites is 1. The zero-order valence-corrected chi connectivity index (χ0v) is 12.1. The van der Waals surface area contributed by atoms with E-state index in [1.165, 1.54) is 24.3 Å². The number of rotatable bonds is 5. The molecule has 2 aromatic rings. The van der Waals surface area contributed by atoms with E-state index in [1.807, 2.05) is 6.07 Å². The maximum Gasteiger partial charge on any atom is 0.323 e. The van der Waals surface area contributed by atoms with Crippen molar-refractivity contribution in [1.82, 2.24) is 0 Å². The second kappa shape index (κ2) is 6.29. The third-order valence-electron chi connectivity index (χ3n) is 2.86. The number of ether oxygens (including phenoxy) is 1. The molecule has 0 aromatic heterocycles. The molecule has 0 heterocycles. The Bertz CT molecular complexity index is 755. The van der Waals surface area contributed by atoms with E-state index in [2.05, 4.69) is 0 Å². The summed E-state index contributed by atoms with van der Waals surface area (Å²) < 4.78 is 5.31. The van der Waals surface area contributed by atoms with Gasteiger partial charge < -0.3 is 10.5 Å². The van der Waals surface area contributed by atoms with Crippen molar-refractivity contribution in [3.8, 4) is 11.8 Å². The molecular weight excluding hydrogens is 304 g/mol. The molecule has 1 atom stereocenters. The lowest BCUT2D eigenvalue weighted by molar-refractivity contribution is -0.124. The topological polar surface area (TPSA) is 93.2 Å². The summed E-state index contributed by atoms with van der Waals surface area (Å²) in [6, 6.07) is 15.8. The Kier molecular flexibility index (Phi) is 4.44. The van der Waals surface area contributed by atoms with Crippen LogP contribution in [0, 0.1) is 11.3 Å². The second-order valence-electron chi connectivity index (χ2n) is 4.40. The highest BCUT2D eigenvalue weighted by Gasteiger charge is 2.46. The number of ketones is 1. The van der Waals surface area contributed by atoms with Crippen LogP contribution in [0.15, 0.2) is 54.6 Å². The lowest BCUT2D eigenvalue weighted by Gasteiger charge is -2.23. The molecule has 2 N–H and O–H groups in total. The Morgan fingerprint density at radius 2 is 1.82 bits per heavy atom. The van der Waals surface area contributed by atoms with Gasteiger partial charge in [0.15, 0.2) is 0 Å². The van der Waals surface area contributed by atoms with Gasteiger partial charge in [-0.15, -0.1) is 0 Å². The van der Waals surface area contributed by atoms with Gasteiger partial charge in [-0.2, -0.15) is 5.26 Å². The Labute approximate surface area is 131 Å². The monoisotopic (exact) mass is 314 g/mol. The maximum absolute atomic E-state index is 12.5. The molecular formula is C16H11ClN2O3. The van der Waals surface area contributed by atoms with E-state index < -0.39 is 16.8 Å². The van der Waals surface area contributed by atoms with Gasteiger partial charge in [0.05, 0.1) is 11.6 Å². The van der Waals surface area contributed by atoms with E-state index in [0.29, 0.717) is 0 Å². The van der Waals surface area contributed by atoms with Crippen LogP contribution < -0.4 is 10.5 Å². The number of primary amides is 1. The van der Waals surface area contributed by atoms with E-state index in [1.54, 1.807) is 30.3 Å². The standard InChI is InChI=1S/C16H11ClN2O3/c17-16(15(19)21,22-13-7-2-1-3-8-13)14(20)12-6-4-5-11(9-12)10-18/h1-9H,(H2,19,21). The molecule has 6 heteroatoms. The molecule has 1 unspecified atom stereocenters. The van der Waals surface area contributed by atoms with Gasteiger partial charge in [0.25, 0.3) is 5.91 Å². The highest BCUT2D eigenvalue weighted by molar-refractivity contribution is 6.47. The zero-order chi connectivity index (χ0) is 16.2. The molecule has 0 aliphatic carbocycles. The van der Waals surface area contributed by atoms with Crippen molar-refractivity contribution in [2.24, 2.45) is 5.73 Å². The van der Waals surface area contributed by atoms with Crippen LogP contribution in [0.25, 0.3) is 0 Å². The van der Waals surface area contributed by atoms with E-state index in [-0.39, 0.29) is 16.9 Å². The van der Waals surface area contributed by atoms with Gasteiger partial charge in [-0.25, -0.2) is 0 Å². The highest BCUT2D eigenvalue weighted by atomic mass is 35.5. The number of hydrogen-bond donors (Lipinski definition) is 1. The summed E-state index contributed by atoms with van der Waals surface area (Å²) >= 11 is 6.06. The molecule has 2 aromatic carbocycles. The predicted molar refractivity (Wildman–Crippen MR) is 80.3 cm³/mol.